The van der Waals surface area contributed by atoms with Crippen LogP contribution in [0.25, 0.3) is 22.4 Å². The molecule has 0 fully saturated rings. The van der Waals surface area contributed by atoms with E-state index in [1.54, 1.807) is 0 Å². The molecular weight excluding hydrogens is 461 g/mol. The van der Waals surface area contributed by atoms with E-state index in [1.807, 2.05) is 45.0 Å². The number of pyridine rings is 1. The molecule has 0 spiro atoms. The van der Waals surface area contributed by atoms with E-state index in [0.29, 0.717) is 43.1 Å². The van der Waals surface area contributed by atoms with Gasteiger partial charge in [0.05, 0.1) is 29.0 Å². The summed E-state index contributed by atoms with van der Waals surface area (Å²) in [6, 6.07) is 8.74. The monoisotopic (exact) mass is 489 g/mol. The molecule has 0 radical (unpaired) electrons. The molecule has 3 N–H and O–H groups in total. The number of imidazole rings is 1. The van der Waals surface area contributed by atoms with Crippen molar-refractivity contribution in [2.45, 2.75) is 39.7 Å². The molecule has 0 saturated carbocycles. The maximum atomic E-state index is 13.9. The molecule has 1 atom stereocenters. The normalized spacial score (nSPS) is 15.7. The number of nitrogens with one attached hydrogen (secondary N) is 2. The second-order valence-corrected chi connectivity index (χ2v) is 10.0. The van der Waals surface area contributed by atoms with Gasteiger partial charge in [0.2, 0.25) is 0 Å². The lowest BCUT2D eigenvalue weighted by Gasteiger charge is -2.43. The summed E-state index contributed by atoms with van der Waals surface area (Å²) in [7, 11) is 0. The number of H-pyrrole nitrogens is 1. The highest BCUT2D eigenvalue weighted by molar-refractivity contribution is 5.74. The van der Waals surface area contributed by atoms with Gasteiger partial charge in [-0.05, 0) is 23.6 Å². The van der Waals surface area contributed by atoms with E-state index in [2.05, 4.69) is 20.3 Å². The minimum atomic E-state index is -0.979. The van der Waals surface area contributed by atoms with E-state index < -0.39 is 23.4 Å². The van der Waals surface area contributed by atoms with Gasteiger partial charge >= 0.3 is 6.09 Å². The van der Waals surface area contributed by atoms with Crippen LogP contribution < -0.4 is 5.32 Å². The van der Waals surface area contributed by atoms with E-state index in [4.69, 9.17) is 9.97 Å². The predicted molar refractivity (Wildman–Crippen MR) is 134 cm³/mol. The Bertz CT molecular complexity index is 1400. The average Bonchev–Trinajstić information content (AvgIpc) is 3.25. The molecule has 1 aliphatic rings. The van der Waals surface area contributed by atoms with Crippen LogP contribution in [0, 0.1) is 11.2 Å². The fourth-order valence-electron chi connectivity index (χ4n) is 4.83. The summed E-state index contributed by atoms with van der Waals surface area (Å²) < 4.78 is 13.9. The minimum Gasteiger partial charge on any atom is -0.465 e. The Hall–Kier alpha value is -4.08. The average molecular weight is 490 g/mol. The molecule has 3 aromatic heterocycles. The van der Waals surface area contributed by atoms with E-state index in [0.717, 1.165) is 34.3 Å². The summed E-state index contributed by atoms with van der Waals surface area (Å²) >= 11 is 0. The molecule has 0 aliphatic carbocycles. The highest BCUT2D eigenvalue weighted by atomic mass is 19.1. The van der Waals surface area contributed by atoms with Crippen LogP contribution in [0.5, 0.6) is 0 Å². The van der Waals surface area contributed by atoms with Crippen molar-refractivity contribution in [1.29, 1.82) is 0 Å². The van der Waals surface area contributed by atoms with Gasteiger partial charge in [-0.1, -0.05) is 32.9 Å². The Labute approximate surface area is 207 Å². The molecule has 0 bridgehead atoms. The first-order chi connectivity index (χ1) is 17.2. The molecule has 4 heterocycles. The zero-order valence-corrected chi connectivity index (χ0v) is 20.4. The molecule has 1 aliphatic heterocycles. The summed E-state index contributed by atoms with van der Waals surface area (Å²) in [5.74, 6) is 1.25. The number of carboxylic acid groups (broad SMARTS) is 1. The lowest BCUT2D eigenvalue weighted by molar-refractivity contribution is 0.0754. The molecule has 1 amide bonds. The van der Waals surface area contributed by atoms with Crippen molar-refractivity contribution in [3.05, 3.63) is 65.6 Å². The van der Waals surface area contributed by atoms with Crippen LogP contribution in [-0.2, 0) is 12.8 Å². The topological polar surface area (TPSA) is 120 Å². The highest BCUT2D eigenvalue weighted by Gasteiger charge is 2.41. The quantitative estimate of drug-likeness (QED) is 0.367. The lowest BCUT2D eigenvalue weighted by Crippen LogP contribution is -2.45. The summed E-state index contributed by atoms with van der Waals surface area (Å²) in [5.41, 5.74) is 3.44. The first-order valence-corrected chi connectivity index (χ1v) is 11.9. The Morgan fingerprint density at radius 1 is 1.22 bits per heavy atom. The maximum Gasteiger partial charge on any atom is 0.407 e. The van der Waals surface area contributed by atoms with Crippen molar-refractivity contribution in [1.82, 2.24) is 29.8 Å². The Kier molecular flexibility index (Phi) is 6.03. The van der Waals surface area contributed by atoms with Crippen LogP contribution in [0.4, 0.5) is 15.0 Å². The molecule has 186 valence electrons. The number of carbonyl (C=O) groups is 1. The van der Waals surface area contributed by atoms with Gasteiger partial charge < -0.3 is 20.3 Å². The SMILES string of the molecule is CC(C)(C)C1c2c(nc(-c3cncc(F)c3)nc2NCCc2nc3ccccc3[nH]2)CCN1C(=O)O. The molecule has 5 rings (SSSR count). The number of para-hydroxylation sites is 2. The number of fused-ring (bicyclic) bond motifs is 2. The number of aromatic amines is 1. The van der Waals surface area contributed by atoms with Crippen molar-refractivity contribution in [3.63, 3.8) is 0 Å². The number of nitrogens with zero attached hydrogens (tertiary/aromatic N) is 5. The van der Waals surface area contributed by atoms with Crippen molar-refractivity contribution >= 4 is 22.9 Å². The smallest absolute Gasteiger partial charge is 0.407 e. The first-order valence-electron chi connectivity index (χ1n) is 11.9. The van der Waals surface area contributed by atoms with Crippen LogP contribution in [0.2, 0.25) is 0 Å². The van der Waals surface area contributed by atoms with Crippen LogP contribution in [-0.4, -0.2) is 54.1 Å². The Morgan fingerprint density at radius 2 is 2.03 bits per heavy atom. The van der Waals surface area contributed by atoms with E-state index in [-0.39, 0.29) is 0 Å². The van der Waals surface area contributed by atoms with Crippen LogP contribution in [0.15, 0.2) is 42.7 Å². The maximum absolute atomic E-state index is 13.9. The van der Waals surface area contributed by atoms with Crippen molar-refractivity contribution < 1.29 is 14.3 Å². The number of hydrogen-bond donors (Lipinski definition) is 3. The zero-order valence-electron chi connectivity index (χ0n) is 20.4. The van der Waals surface area contributed by atoms with Gasteiger partial charge in [0, 0.05) is 43.3 Å². The van der Waals surface area contributed by atoms with Gasteiger partial charge in [0.1, 0.15) is 17.5 Å². The van der Waals surface area contributed by atoms with Gasteiger partial charge in [-0.2, -0.15) is 0 Å². The number of benzene rings is 1. The second kappa shape index (κ2) is 9.18. The number of hydrogen-bond acceptors (Lipinski definition) is 6. The number of halogens is 1. The summed E-state index contributed by atoms with van der Waals surface area (Å²) in [6.07, 6.45) is 2.72. The third-order valence-electron chi connectivity index (χ3n) is 6.32. The van der Waals surface area contributed by atoms with Gasteiger partial charge in [-0.25, -0.2) is 24.1 Å². The molecule has 1 unspecified atom stereocenters. The minimum absolute atomic E-state index is 0.320. The van der Waals surface area contributed by atoms with E-state index >= 15 is 0 Å². The zero-order chi connectivity index (χ0) is 25.4. The van der Waals surface area contributed by atoms with Gasteiger partial charge in [-0.3, -0.25) is 4.98 Å². The fraction of sp³-hybridized carbons (Fsp3) is 0.346. The predicted octanol–water partition coefficient (Wildman–Crippen LogP) is 4.83. The van der Waals surface area contributed by atoms with Crippen molar-refractivity contribution in [2.75, 3.05) is 18.4 Å². The number of amides is 1. The van der Waals surface area contributed by atoms with Gasteiger partial charge in [0.25, 0.3) is 0 Å². The second-order valence-electron chi connectivity index (χ2n) is 10.0. The molecule has 4 aromatic rings. The third kappa shape index (κ3) is 4.58. The lowest BCUT2D eigenvalue weighted by atomic mass is 9.78. The van der Waals surface area contributed by atoms with Crippen LogP contribution in [0.1, 0.15) is 43.9 Å². The highest BCUT2D eigenvalue weighted by Crippen LogP contribution is 2.45. The largest absolute Gasteiger partial charge is 0.465 e. The Balaban J connectivity index is 1.53. The third-order valence-corrected chi connectivity index (χ3v) is 6.32. The summed E-state index contributed by atoms with van der Waals surface area (Å²) in [4.78, 5) is 35.0. The number of anilines is 1. The number of rotatable bonds is 5. The van der Waals surface area contributed by atoms with Crippen LogP contribution in [0.3, 0.4) is 0 Å². The Morgan fingerprint density at radius 3 is 2.75 bits per heavy atom. The summed E-state index contributed by atoms with van der Waals surface area (Å²) in [6.45, 7) is 6.84. The van der Waals surface area contributed by atoms with Crippen LogP contribution >= 0.6 is 0 Å². The van der Waals surface area contributed by atoms with Gasteiger partial charge in [-0.15, -0.1) is 0 Å². The summed E-state index contributed by atoms with van der Waals surface area (Å²) in [5, 5.41) is 13.4. The molecule has 36 heavy (non-hydrogen) atoms. The number of aromatic nitrogens is 5. The van der Waals surface area contributed by atoms with E-state index in [1.165, 1.54) is 17.2 Å². The first kappa shape index (κ1) is 23.7. The van der Waals surface area contributed by atoms with Gasteiger partial charge in [0.15, 0.2) is 5.82 Å². The molecule has 0 saturated heterocycles. The fourth-order valence-corrected chi connectivity index (χ4v) is 4.83. The molecule has 1 aromatic carbocycles. The van der Waals surface area contributed by atoms with Crippen molar-refractivity contribution in [2.24, 2.45) is 5.41 Å². The molecule has 9 nitrogen and oxygen atoms in total. The standard InChI is InChI=1S/C26H28FN7O2/c1-26(2,3)22-21-19(9-11-34(22)25(35)36)32-23(15-12-16(27)14-28-13-15)33-24(21)29-10-8-20-30-17-6-4-5-7-18(17)31-20/h4-7,12-14,22H,8-11H2,1-3H3,(H,30,31)(H,35,36)(H,29,32,33). The molecule has 10 heteroatoms. The van der Waals surface area contributed by atoms with Crippen molar-refractivity contribution in [3.8, 4) is 11.4 Å². The van der Waals surface area contributed by atoms with E-state index in [9.17, 15) is 14.3 Å². The molecular formula is C26H28FN7O2.